The molecule has 2 saturated heterocycles. The number of rotatable bonds is 46. The van der Waals surface area contributed by atoms with Gasteiger partial charge < -0.3 is 34.8 Å². The average molecular weight is 955 g/mol. The maximum Gasteiger partial charge on any atom is 0.222 e. The van der Waals surface area contributed by atoms with Gasteiger partial charge in [0.2, 0.25) is 11.8 Å². The summed E-state index contributed by atoms with van der Waals surface area (Å²) in [5.41, 5.74) is 0. The molecule has 9 heteroatoms. The molecule has 0 spiro atoms. The third-order valence-corrected chi connectivity index (χ3v) is 14.0. The molecule has 0 aromatic carbocycles. The number of aliphatic hydroxyl groups excluding tert-OH is 2. The lowest BCUT2D eigenvalue weighted by atomic mass is 9.98. The molecule has 2 aliphatic heterocycles. The number of unbranched alkanes of at least 4 members (excludes halogenated alkanes) is 22. The summed E-state index contributed by atoms with van der Waals surface area (Å²) in [6, 6.07) is -0.262. The molecule has 9 nitrogen and oxygen atoms in total. The van der Waals surface area contributed by atoms with E-state index in [1.807, 2.05) is 0 Å². The summed E-state index contributed by atoms with van der Waals surface area (Å²) in [5.74, 6) is -0.296. The van der Waals surface area contributed by atoms with Crippen LogP contribution in [0.15, 0.2) is 48.6 Å². The number of β-amino-alcohol motifs (C(OH)–C–C–N with tert-alkyl or cyclic N) is 1. The molecule has 0 saturated carbocycles. The fraction of sp³-hybridized carbons (Fsp3) is 0.831. The normalized spacial score (nSPS) is 18.6. The second kappa shape index (κ2) is 43.5. The number of likely N-dealkylation sites (tertiary alicyclic amines) is 1. The van der Waals surface area contributed by atoms with E-state index in [0.29, 0.717) is 39.0 Å². The second-order valence-electron chi connectivity index (χ2n) is 20.5. The number of ether oxygens (including phenoxy) is 2. The molecule has 394 valence electrons. The van der Waals surface area contributed by atoms with E-state index in [9.17, 15) is 19.8 Å². The Morgan fingerprint density at radius 1 is 0.632 bits per heavy atom. The number of allylic oxidation sites excluding steroid dienone is 8. The second-order valence-corrected chi connectivity index (χ2v) is 20.5. The summed E-state index contributed by atoms with van der Waals surface area (Å²) in [5, 5.41) is 22.3. The maximum atomic E-state index is 12.5. The molecule has 3 atom stereocenters. The average Bonchev–Trinajstić information content (AvgIpc) is 3.94. The zero-order valence-electron chi connectivity index (χ0n) is 44.5. The first kappa shape index (κ1) is 61.8. The number of amides is 2. The lowest BCUT2D eigenvalue weighted by molar-refractivity contribution is -0.180. The van der Waals surface area contributed by atoms with Gasteiger partial charge in [0.15, 0.2) is 5.79 Å². The van der Waals surface area contributed by atoms with Crippen molar-refractivity contribution in [3.8, 4) is 0 Å². The van der Waals surface area contributed by atoms with Gasteiger partial charge in [-0.05, 0) is 129 Å². The van der Waals surface area contributed by atoms with Crippen molar-refractivity contribution in [2.24, 2.45) is 0 Å². The van der Waals surface area contributed by atoms with Crippen molar-refractivity contribution in [1.29, 1.82) is 0 Å². The van der Waals surface area contributed by atoms with E-state index >= 15 is 0 Å². The van der Waals surface area contributed by atoms with E-state index in [4.69, 9.17) is 9.47 Å². The number of nitrogens with one attached hydrogen (secondary N) is 1. The van der Waals surface area contributed by atoms with Crippen molar-refractivity contribution in [2.75, 3.05) is 46.4 Å². The molecule has 2 heterocycles. The van der Waals surface area contributed by atoms with Gasteiger partial charge in [0.1, 0.15) is 0 Å². The van der Waals surface area contributed by atoms with Crippen LogP contribution < -0.4 is 5.32 Å². The van der Waals surface area contributed by atoms with Crippen LogP contribution in [-0.2, 0) is 19.1 Å². The standard InChI is InChI=1S/C59H107N3O6/c1-4-6-8-10-12-14-16-18-20-22-24-26-28-30-32-38-45-59(46-39-33-31-29-27-25-23-21-19-17-15-13-11-9-7-5-2)67-53-56(68-59)44-49-61(3)48-41-35-36-42-57(65)60-47-40-34-37-43-58(66)62-51-55(64)50-54(62)52-63/h12-15,18-21,54-56,63-64H,4-11,16-17,22-53H2,1-3H3,(H,60,65)/b14-12-,15-13-,20-18-,21-19-/t54-,55+,56?/m0/s1. The van der Waals surface area contributed by atoms with Gasteiger partial charge in [0, 0.05) is 45.3 Å². The van der Waals surface area contributed by atoms with Crippen molar-refractivity contribution in [2.45, 2.75) is 269 Å². The Kier molecular flexibility index (Phi) is 39.5. The highest BCUT2D eigenvalue weighted by Crippen LogP contribution is 2.36. The Bertz CT molecular complexity index is 1270. The van der Waals surface area contributed by atoms with Gasteiger partial charge >= 0.3 is 0 Å². The summed E-state index contributed by atoms with van der Waals surface area (Å²) < 4.78 is 13.5. The van der Waals surface area contributed by atoms with Crippen LogP contribution in [0.1, 0.15) is 245 Å². The summed E-state index contributed by atoms with van der Waals surface area (Å²) >= 11 is 0. The van der Waals surface area contributed by atoms with Gasteiger partial charge in [-0.15, -0.1) is 0 Å². The van der Waals surface area contributed by atoms with Crippen LogP contribution in [0.5, 0.6) is 0 Å². The van der Waals surface area contributed by atoms with Gasteiger partial charge in [0.25, 0.3) is 0 Å². The van der Waals surface area contributed by atoms with Crippen LogP contribution >= 0.6 is 0 Å². The third kappa shape index (κ3) is 33.3. The minimum absolute atomic E-state index is 0.000133. The topological polar surface area (TPSA) is 112 Å². The molecular formula is C59H107N3O6. The SMILES string of the molecule is CCCCC/C=C\C/C=C\CCCCCCCCC1(CCCCCCCC/C=C\C/C=C\CCCCC)OCC(CCN(C)CCCCCC(=O)NCCCCCC(=O)N2C[C@H](O)C[C@H]2CO)O1. The molecule has 2 amide bonds. The molecular weight excluding hydrogens is 847 g/mol. The molecule has 68 heavy (non-hydrogen) atoms. The van der Waals surface area contributed by atoms with Crippen molar-refractivity contribution in [3.05, 3.63) is 48.6 Å². The number of carbonyl (C=O) groups is 2. The van der Waals surface area contributed by atoms with Crippen LogP contribution in [0, 0.1) is 0 Å². The number of carbonyl (C=O) groups excluding carboxylic acids is 2. The van der Waals surface area contributed by atoms with E-state index in [1.165, 1.54) is 141 Å². The van der Waals surface area contributed by atoms with Crippen LogP contribution in [-0.4, -0.2) is 102 Å². The zero-order chi connectivity index (χ0) is 49.0. The molecule has 0 bridgehead atoms. The van der Waals surface area contributed by atoms with E-state index < -0.39 is 11.9 Å². The monoisotopic (exact) mass is 954 g/mol. The summed E-state index contributed by atoms with van der Waals surface area (Å²) in [6.07, 6.45) is 58.6. The Morgan fingerprint density at radius 2 is 1.13 bits per heavy atom. The maximum absolute atomic E-state index is 12.5. The zero-order valence-corrected chi connectivity index (χ0v) is 44.5. The van der Waals surface area contributed by atoms with Gasteiger partial charge in [-0.25, -0.2) is 0 Å². The number of hydrogen-bond donors (Lipinski definition) is 3. The minimum atomic E-state index is -0.539. The van der Waals surface area contributed by atoms with Gasteiger partial charge in [-0.2, -0.15) is 0 Å². The minimum Gasteiger partial charge on any atom is -0.394 e. The highest BCUT2D eigenvalue weighted by atomic mass is 16.7. The largest absolute Gasteiger partial charge is 0.394 e. The Morgan fingerprint density at radius 3 is 1.69 bits per heavy atom. The Labute approximate surface area is 418 Å². The molecule has 2 fully saturated rings. The van der Waals surface area contributed by atoms with Crippen molar-refractivity contribution >= 4 is 11.8 Å². The number of hydrogen-bond acceptors (Lipinski definition) is 7. The lowest BCUT2D eigenvalue weighted by Crippen LogP contribution is -2.37. The number of aliphatic hydroxyl groups is 2. The first-order valence-electron chi connectivity index (χ1n) is 28.8. The smallest absolute Gasteiger partial charge is 0.222 e. The predicted molar refractivity (Wildman–Crippen MR) is 287 cm³/mol. The van der Waals surface area contributed by atoms with Crippen molar-refractivity contribution in [1.82, 2.24) is 15.1 Å². The molecule has 2 rings (SSSR count). The predicted octanol–water partition coefficient (Wildman–Crippen LogP) is 14.0. The van der Waals surface area contributed by atoms with Gasteiger partial charge in [-0.3, -0.25) is 9.59 Å². The highest BCUT2D eigenvalue weighted by Gasteiger charge is 2.40. The quantitative estimate of drug-likeness (QED) is 0.0412. The first-order chi connectivity index (χ1) is 33.3. The number of nitrogens with zero attached hydrogens (tertiary/aromatic N) is 2. The fourth-order valence-electron chi connectivity index (χ4n) is 9.64. The first-order valence-corrected chi connectivity index (χ1v) is 28.8. The van der Waals surface area contributed by atoms with Crippen LogP contribution in [0.4, 0.5) is 0 Å². The van der Waals surface area contributed by atoms with E-state index in [-0.39, 0.29) is 30.6 Å². The van der Waals surface area contributed by atoms with Gasteiger partial charge in [0.05, 0.1) is 31.5 Å². The van der Waals surface area contributed by atoms with Crippen LogP contribution in [0.2, 0.25) is 0 Å². The van der Waals surface area contributed by atoms with E-state index in [1.54, 1.807) is 4.90 Å². The molecule has 0 radical (unpaired) electrons. The summed E-state index contributed by atoms with van der Waals surface area (Å²) in [4.78, 5) is 28.9. The molecule has 0 aromatic rings. The Balaban J connectivity index is 1.60. The fourth-order valence-corrected chi connectivity index (χ4v) is 9.64. The molecule has 3 N–H and O–H groups in total. The third-order valence-electron chi connectivity index (χ3n) is 14.0. The van der Waals surface area contributed by atoms with E-state index in [2.05, 4.69) is 79.7 Å². The van der Waals surface area contributed by atoms with Crippen LogP contribution in [0.3, 0.4) is 0 Å². The summed E-state index contributed by atoms with van der Waals surface area (Å²) in [7, 11) is 2.21. The lowest BCUT2D eigenvalue weighted by Gasteiger charge is -2.29. The molecule has 0 aromatic heterocycles. The molecule has 0 aliphatic carbocycles. The van der Waals surface area contributed by atoms with Crippen molar-refractivity contribution in [3.63, 3.8) is 0 Å². The van der Waals surface area contributed by atoms with Crippen LogP contribution in [0.25, 0.3) is 0 Å². The highest BCUT2D eigenvalue weighted by molar-refractivity contribution is 5.77. The van der Waals surface area contributed by atoms with Gasteiger partial charge in [-0.1, -0.05) is 152 Å². The van der Waals surface area contributed by atoms with E-state index in [0.717, 1.165) is 83.7 Å². The molecule has 2 aliphatic rings. The Hall–Kier alpha value is -2.30. The summed E-state index contributed by atoms with van der Waals surface area (Å²) in [6.45, 7) is 8.10. The molecule has 1 unspecified atom stereocenters. The van der Waals surface area contributed by atoms with Crippen molar-refractivity contribution < 1.29 is 29.3 Å².